The Morgan fingerprint density at radius 1 is 1.52 bits per heavy atom. The lowest BCUT2D eigenvalue weighted by Crippen LogP contribution is -2.37. The molecule has 128 valence electrons. The van der Waals surface area contributed by atoms with Crippen molar-refractivity contribution < 1.29 is 13.9 Å². The van der Waals surface area contributed by atoms with Gasteiger partial charge in [-0.2, -0.15) is 0 Å². The molecule has 1 atom stereocenters. The van der Waals surface area contributed by atoms with Crippen molar-refractivity contribution in [2.45, 2.75) is 13.0 Å². The van der Waals surface area contributed by atoms with Gasteiger partial charge < -0.3 is 15.4 Å². The Balaban J connectivity index is 2.12. The molecule has 0 bridgehead atoms. The Morgan fingerprint density at radius 3 is 2.87 bits per heavy atom. The summed E-state index contributed by atoms with van der Waals surface area (Å²) in [5, 5.41) is 0. The Kier molecular flexibility index (Phi) is 6.14. The van der Waals surface area contributed by atoms with Gasteiger partial charge in [0, 0.05) is 26.2 Å². The molecular weight excluding hydrogens is 301 g/mol. The van der Waals surface area contributed by atoms with E-state index >= 15 is 0 Å². The largest absolute Gasteiger partial charge is 0.443 e. The average Bonchev–Trinajstić information content (AvgIpc) is 2.93. The van der Waals surface area contributed by atoms with Gasteiger partial charge in [0.25, 0.3) is 0 Å². The Morgan fingerprint density at radius 2 is 2.30 bits per heavy atom. The molecule has 1 heterocycles. The van der Waals surface area contributed by atoms with E-state index < -0.39 is 6.09 Å². The molecule has 0 spiro atoms. The lowest BCUT2D eigenvalue weighted by atomic mass is 10.2. The summed E-state index contributed by atoms with van der Waals surface area (Å²) in [6, 6.07) is 4.78. The fraction of sp³-hybridized carbons (Fsp3) is 0.533. The molecule has 8 heteroatoms. The van der Waals surface area contributed by atoms with E-state index in [0.717, 1.165) is 0 Å². The zero-order valence-corrected chi connectivity index (χ0v) is 13.5. The third kappa shape index (κ3) is 4.10. The number of nitrogens with two attached hydrogens (primary N) is 1. The number of ether oxygens (including phenoxy) is 1. The number of halogens is 1. The maximum Gasteiger partial charge on any atom is 0.414 e. The second-order valence-corrected chi connectivity index (χ2v) is 5.24. The predicted octanol–water partition coefficient (Wildman–Crippen LogP) is 0.660. The lowest BCUT2D eigenvalue weighted by Gasteiger charge is -2.24. The van der Waals surface area contributed by atoms with Gasteiger partial charge in [-0.1, -0.05) is 0 Å². The summed E-state index contributed by atoms with van der Waals surface area (Å²) in [5.74, 6) is -0.363. The summed E-state index contributed by atoms with van der Waals surface area (Å²) in [7, 11) is 1.79. The first kappa shape index (κ1) is 17.5. The van der Waals surface area contributed by atoms with Crippen LogP contribution in [0.25, 0.3) is 0 Å². The zero-order valence-electron chi connectivity index (χ0n) is 13.5. The molecule has 0 radical (unpaired) electrons. The summed E-state index contributed by atoms with van der Waals surface area (Å²) >= 11 is 0. The molecule has 0 aromatic heterocycles. The average molecular weight is 325 g/mol. The van der Waals surface area contributed by atoms with Gasteiger partial charge in [0.2, 0.25) is 0 Å². The first-order chi connectivity index (χ1) is 11.1. The van der Waals surface area contributed by atoms with Crippen LogP contribution in [0.15, 0.2) is 18.2 Å². The number of hydrogen-bond acceptors (Lipinski definition) is 6. The van der Waals surface area contributed by atoms with Crippen LogP contribution in [0.3, 0.4) is 0 Å². The van der Waals surface area contributed by atoms with Gasteiger partial charge in [0.05, 0.1) is 17.9 Å². The molecule has 1 saturated heterocycles. The van der Waals surface area contributed by atoms with E-state index in [1.165, 1.54) is 11.0 Å². The number of likely N-dealkylation sites (N-methyl/N-ethyl adjacent to an activating group) is 1. The summed E-state index contributed by atoms with van der Waals surface area (Å²) in [4.78, 5) is 15.1. The summed E-state index contributed by atoms with van der Waals surface area (Å²) in [5.41, 5.74) is 12.3. The normalized spacial score (nSPS) is 17.5. The molecule has 7 nitrogen and oxygen atoms in total. The van der Waals surface area contributed by atoms with E-state index in [9.17, 15) is 9.18 Å². The molecule has 0 saturated carbocycles. The summed E-state index contributed by atoms with van der Waals surface area (Å²) in [6.07, 6.45) is -0.830. The molecule has 1 aromatic rings. The highest BCUT2D eigenvalue weighted by atomic mass is 19.1. The number of nitrogens with zero attached hydrogens (tertiary/aromatic N) is 2. The van der Waals surface area contributed by atoms with Gasteiger partial charge in [0.15, 0.2) is 0 Å². The zero-order chi connectivity index (χ0) is 16.8. The fourth-order valence-electron chi connectivity index (χ4n) is 2.54. The highest BCUT2D eigenvalue weighted by Gasteiger charge is 2.31. The van der Waals surface area contributed by atoms with E-state index in [0.29, 0.717) is 37.6 Å². The van der Waals surface area contributed by atoms with Crippen LogP contribution in [0, 0.1) is 5.82 Å². The monoisotopic (exact) mass is 325 g/mol. The van der Waals surface area contributed by atoms with Crippen LogP contribution in [0.4, 0.5) is 20.6 Å². The highest BCUT2D eigenvalue weighted by Crippen LogP contribution is 2.27. The molecule has 1 fully saturated rings. The van der Waals surface area contributed by atoms with Gasteiger partial charge >= 0.3 is 6.09 Å². The number of benzene rings is 1. The first-order valence-corrected chi connectivity index (χ1v) is 7.73. The third-order valence-corrected chi connectivity index (χ3v) is 3.79. The standard InChI is InChI=1S/C15H24FN5O2/c1-3-20(7-6-19-18-2)14-5-4-11(8-13(14)16)21-10-12(9-17)23-15(21)22/h4-5,8,12,18-19H,3,6-7,9-10,17H2,1-2H3/t12-/m0/s1. The molecule has 4 N–H and O–H groups in total. The number of carbonyl (C=O) groups excluding carboxylic acids is 1. The van der Waals surface area contributed by atoms with E-state index in [-0.39, 0.29) is 18.5 Å². The van der Waals surface area contributed by atoms with Crippen LogP contribution in [-0.2, 0) is 4.74 Å². The molecule has 23 heavy (non-hydrogen) atoms. The number of amides is 1. The molecule has 1 amide bonds. The summed E-state index contributed by atoms with van der Waals surface area (Å²) in [6.45, 7) is 4.60. The van der Waals surface area contributed by atoms with Gasteiger partial charge in [-0.3, -0.25) is 15.8 Å². The molecule has 0 aliphatic carbocycles. The highest BCUT2D eigenvalue weighted by molar-refractivity contribution is 5.90. The van der Waals surface area contributed by atoms with Crippen LogP contribution in [0.5, 0.6) is 0 Å². The van der Waals surface area contributed by atoms with E-state index in [1.807, 2.05) is 11.8 Å². The minimum Gasteiger partial charge on any atom is -0.443 e. The van der Waals surface area contributed by atoms with Gasteiger partial charge in [-0.25, -0.2) is 9.18 Å². The van der Waals surface area contributed by atoms with Gasteiger partial charge in [-0.15, -0.1) is 0 Å². The van der Waals surface area contributed by atoms with Crippen LogP contribution in [-0.4, -0.2) is 52.0 Å². The Bertz CT molecular complexity index is 543. The summed E-state index contributed by atoms with van der Waals surface area (Å²) < 4.78 is 19.6. The fourth-order valence-corrected chi connectivity index (χ4v) is 2.54. The molecule has 1 aliphatic heterocycles. The molecule has 1 aromatic carbocycles. The topological polar surface area (TPSA) is 82.9 Å². The predicted molar refractivity (Wildman–Crippen MR) is 88.0 cm³/mol. The number of hydrogen-bond donors (Lipinski definition) is 3. The number of anilines is 2. The van der Waals surface area contributed by atoms with E-state index in [1.54, 1.807) is 19.2 Å². The Hall–Kier alpha value is -1.90. The van der Waals surface area contributed by atoms with Crippen molar-refractivity contribution in [2.75, 3.05) is 49.6 Å². The number of nitrogens with one attached hydrogen (secondary N) is 2. The van der Waals surface area contributed by atoms with Crippen molar-refractivity contribution in [1.82, 2.24) is 10.9 Å². The Labute approximate surface area is 135 Å². The van der Waals surface area contributed by atoms with Crippen molar-refractivity contribution in [3.05, 3.63) is 24.0 Å². The molecular formula is C15H24FN5O2. The molecule has 1 aliphatic rings. The maximum absolute atomic E-state index is 14.5. The third-order valence-electron chi connectivity index (χ3n) is 3.79. The number of rotatable bonds is 8. The van der Waals surface area contributed by atoms with E-state index in [2.05, 4.69) is 10.9 Å². The van der Waals surface area contributed by atoms with Crippen LogP contribution < -0.4 is 26.4 Å². The smallest absolute Gasteiger partial charge is 0.414 e. The van der Waals surface area contributed by atoms with Gasteiger partial charge in [0.1, 0.15) is 11.9 Å². The van der Waals surface area contributed by atoms with Crippen molar-refractivity contribution >= 4 is 17.5 Å². The van der Waals surface area contributed by atoms with Crippen molar-refractivity contribution in [2.24, 2.45) is 5.73 Å². The molecule has 0 unspecified atom stereocenters. The van der Waals surface area contributed by atoms with Crippen molar-refractivity contribution in [1.29, 1.82) is 0 Å². The molecule has 2 rings (SSSR count). The van der Waals surface area contributed by atoms with Crippen LogP contribution >= 0.6 is 0 Å². The number of carbonyl (C=O) groups is 1. The minimum atomic E-state index is -0.488. The second kappa shape index (κ2) is 8.09. The lowest BCUT2D eigenvalue weighted by molar-refractivity contribution is 0.145. The van der Waals surface area contributed by atoms with Gasteiger partial charge in [-0.05, 0) is 32.2 Å². The van der Waals surface area contributed by atoms with Crippen LogP contribution in [0.1, 0.15) is 6.92 Å². The second-order valence-electron chi connectivity index (χ2n) is 5.24. The maximum atomic E-state index is 14.5. The van der Waals surface area contributed by atoms with Crippen molar-refractivity contribution in [3.8, 4) is 0 Å². The number of cyclic esters (lactones) is 1. The SMILES string of the molecule is CCN(CCNNC)c1ccc(N2C[C@H](CN)OC2=O)cc1F. The quantitative estimate of drug-likeness (QED) is 0.481. The van der Waals surface area contributed by atoms with E-state index in [4.69, 9.17) is 10.5 Å². The van der Waals surface area contributed by atoms with Crippen molar-refractivity contribution in [3.63, 3.8) is 0 Å². The van der Waals surface area contributed by atoms with Crippen LogP contribution in [0.2, 0.25) is 0 Å². The first-order valence-electron chi connectivity index (χ1n) is 7.73. The number of hydrazine groups is 1. The minimum absolute atomic E-state index is 0.255.